The van der Waals surface area contributed by atoms with Gasteiger partial charge in [-0.1, -0.05) is 36.4 Å². The molecule has 5 heteroatoms. The standard InChI is InChI=1S/C26H29NO4/c28-26(29)6-2-16-27-15-1-4-23(27)19-31-24-13-9-21(10-14-24)18-20-7-11-22(12-8-20)25-5-3-17-30-25/h3,5,7-14,17,23H,1-2,4,6,15-16,18-19H2,(H,28,29). The van der Waals surface area contributed by atoms with Crippen molar-refractivity contribution < 1.29 is 19.1 Å². The lowest BCUT2D eigenvalue weighted by Gasteiger charge is -2.24. The Hall–Kier alpha value is -3.05. The number of likely N-dealkylation sites (tertiary alicyclic amines) is 1. The lowest BCUT2D eigenvalue weighted by atomic mass is 10.0. The first-order valence-corrected chi connectivity index (χ1v) is 11.0. The molecule has 31 heavy (non-hydrogen) atoms. The highest BCUT2D eigenvalue weighted by molar-refractivity contribution is 5.66. The Morgan fingerprint density at radius 1 is 1.06 bits per heavy atom. The summed E-state index contributed by atoms with van der Waals surface area (Å²) in [5, 5.41) is 8.83. The predicted octanol–water partition coefficient (Wildman–Crippen LogP) is 5.25. The minimum absolute atomic E-state index is 0.233. The Morgan fingerprint density at radius 3 is 2.48 bits per heavy atom. The van der Waals surface area contributed by atoms with Gasteiger partial charge in [0.05, 0.1) is 6.26 Å². The van der Waals surface area contributed by atoms with Crippen LogP contribution in [0.5, 0.6) is 5.75 Å². The van der Waals surface area contributed by atoms with E-state index in [0.717, 1.165) is 49.4 Å². The number of nitrogens with zero attached hydrogens (tertiary/aromatic N) is 1. The van der Waals surface area contributed by atoms with Crippen molar-refractivity contribution in [2.45, 2.75) is 38.1 Å². The van der Waals surface area contributed by atoms with E-state index in [9.17, 15) is 4.79 Å². The van der Waals surface area contributed by atoms with E-state index < -0.39 is 5.97 Å². The van der Waals surface area contributed by atoms with Crippen LogP contribution in [0.4, 0.5) is 0 Å². The van der Waals surface area contributed by atoms with E-state index in [2.05, 4.69) is 41.3 Å². The van der Waals surface area contributed by atoms with E-state index in [0.29, 0.717) is 19.1 Å². The third-order valence-corrected chi connectivity index (χ3v) is 5.87. The summed E-state index contributed by atoms with van der Waals surface area (Å²) in [6.45, 7) is 2.52. The Morgan fingerprint density at radius 2 is 1.81 bits per heavy atom. The van der Waals surface area contributed by atoms with Gasteiger partial charge in [-0.25, -0.2) is 0 Å². The fourth-order valence-corrected chi connectivity index (χ4v) is 4.17. The van der Waals surface area contributed by atoms with Gasteiger partial charge in [0.2, 0.25) is 0 Å². The van der Waals surface area contributed by atoms with Gasteiger partial charge in [0.15, 0.2) is 0 Å². The maximum atomic E-state index is 10.7. The normalized spacial score (nSPS) is 16.5. The first-order valence-electron chi connectivity index (χ1n) is 11.0. The van der Waals surface area contributed by atoms with Gasteiger partial charge >= 0.3 is 5.97 Å². The van der Waals surface area contributed by atoms with Gasteiger partial charge in [0.1, 0.15) is 18.1 Å². The lowest BCUT2D eigenvalue weighted by molar-refractivity contribution is -0.137. The number of hydrogen-bond donors (Lipinski definition) is 1. The Kier molecular flexibility index (Phi) is 7.05. The fourth-order valence-electron chi connectivity index (χ4n) is 4.17. The highest BCUT2D eigenvalue weighted by Crippen LogP contribution is 2.23. The zero-order valence-corrected chi connectivity index (χ0v) is 17.7. The number of aliphatic carboxylic acids is 1. The van der Waals surface area contributed by atoms with Crippen LogP contribution in [0, 0.1) is 0 Å². The number of hydrogen-bond acceptors (Lipinski definition) is 4. The molecular formula is C26H29NO4. The predicted molar refractivity (Wildman–Crippen MR) is 120 cm³/mol. The van der Waals surface area contributed by atoms with Crippen molar-refractivity contribution in [3.8, 4) is 17.1 Å². The van der Waals surface area contributed by atoms with Crippen molar-refractivity contribution >= 4 is 5.97 Å². The minimum Gasteiger partial charge on any atom is -0.492 e. The van der Waals surface area contributed by atoms with E-state index in [1.54, 1.807) is 6.26 Å². The maximum absolute atomic E-state index is 10.7. The molecule has 1 aliphatic heterocycles. The number of rotatable bonds is 10. The second kappa shape index (κ2) is 10.3. The lowest BCUT2D eigenvalue weighted by Crippen LogP contribution is -2.35. The van der Waals surface area contributed by atoms with Gasteiger partial charge in [-0.2, -0.15) is 0 Å². The molecule has 0 aliphatic carbocycles. The molecule has 1 aliphatic rings. The van der Waals surface area contributed by atoms with Gasteiger partial charge < -0.3 is 14.3 Å². The first-order chi connectivity index (χ1) is 15.2. The average Bonchev–Trinajstić information content (AvgIpc) is 3.46. The quantitative estimate of drug-likeness (QED) is 0.487. The van der Waals surface area contributed by atoms with Crippen LogP contribution < -0.4 is 4.74 Å². The van der Waals surface area contributed by atoms with Gasteiger partial charge in [0, 0.05) is 18.0 Å². The number of carbonyl (C=O) groups is 1. The summed E-state index contributed by atoms with van der Waals surface area (Å²) in [6, 6.07) is 21.0. The zero-order valence-electron chi connectivity index (χ0n) is 17.7. The monoisotopic (exact) mass is 419 g/mol. The first kappa shape index (κ1) is 21.2. The molecule has 1 atom stereocenters. The van der Waals surface area contributed by atoms with Crippen LogP contribution >= 0.6 is 0 Å². The molecule has 1 saturated heterocycles. The number of benzene rings is 2. The fraction of sp³-hybridized carbons (Fsp3) is 0.346. The number of carboxylic acid groups (broad SMARTS) is 1. The molecule has 1 N–H and O–H groups in total. The summed E-state index contributed by atoms with van der Waals surface area (Å²) in [7, 11) is 0. The van der Waals surface area contributed by atoms with Crippen molar-refractivity contribution in [3.63, 3.8) is 0 Å². The zero-order chi connectivity index (χ0) is 21.5. The number of carboxylic acids is 1. The van der Waals surface area contributed by atoms with Crippen LogP contribution in [0.25, 0.3) is 11.3 Å². The van der Waals surface area contributed by atoms with Crippen LogP contribution in [-0.2, 0) is 11.2 Å². The van der Waals surface area contributed by atoms with Gasteiger partial charge in [-0.15, -0.1) is 0 Å². The summed E-state index contributed by atoms with van der Waals surface area (Å²) < 4.78 is 11.5. The topological polar surface area (TPSA) is 62.9 Å². The molecule has 162 valence electrons. The van der Waals surface area contributed by atoms with Gasteiger partial charge in [-0.3, -0.25) is 9.69 Å². The van der Waals surface area contributed by atoms with Crippen molar-refractivity contribution in [2.75, 3.05) is 19.7 Å². The summed E-state index contributed by atoms with van der Waals surface area (Å²) in [5.41, 5.74) is 3.59. The van der Waals surface area contributed by atoms with E-state index in [1.165, 1.54) is 11.1 Å². The summed E-state index contributed by atoms with van der Waals surface area (Å²) in [6.07, 6.45) is 5.76. The van der Waals surface area contributed by atoms with Crippen LogP contribution in [0.1, 0.15) is 36.8 Å². The molecule has 0 amide bonds. The molecule has 5 nitrogen and oxygen atoms in total. The van der Waals surface area contributed by atoms with Gasteiger partial charge in [0.25, 0.3) is 0 Å². The van der Waals surface area contributed by atoms with Crippen LogP contribution in [0.15, 0.2) is 71.3 Å². The largest absolute Gasteiger partial charge is 0.492 e. The maximum Gasteiger partial charge on any atom is 0.303 e. The second-order valence-corrected chi connectivity index (χ2v) is 8.14. The van der Waals surface area contributed by atoms with E-state index in [1.807, 2.05) is 24.3 Å². The Balaban J connectivity index is 1.26. The highest BCUT2D eigenvalue weighted by Gasteiger charge is 2.24. The van der Waals surface area contributed by atoms with Crippen molar-refractivity contribution in [2.24, 2.45) is 0 Å². The Bertz CT molecular complexity index is 948. The van der Waals surface area contributed by atoms with Gasteiger partial charge in [-0.05, 0) is 74.2 Å². The average molecular weight is 420 g/mol. The molecule has 4 rings (SSSR count). The van der Waals surface area contributed by atoms with E-state index in [-0.39, 0.29) is 6.42 Å². The van der Waals surface area contributed by atoms with E-state index in [4.69, 9.17) is 14.3 Å². The highest BCUT2D eigenvalue weighted by atomic mass is 16.5. The molecule has 1 aromatic heterocycles. The molecule has 1 fully saturated rings. The molecule has 2 aromatic carbocycles. The Labute approximate surface area is 183 Å². The summed E-state index contributed by atoms with van der Waals surface area (Å²) in [5.74, 6) is 1.05. The van der Waals surface area contributed by atoms with Crippen molar-refractivity contribution in [1.29, 1.82) is 0 Å². The molecule has 0 bridgehead atoms. The van der Waals surface area contributed by atoms with Crippen LogP contribution in [-0.4, -0.2) is 41.7 Å². The van der Waals surface area contributed by atoms with Crippen molar-refractivity contribution in [3.05, 3.63) is 78.1 Å². The second-order valence-electron chi connectivity index (χ2n) is 8.14. The smallest absolute Gasteiger partial charge is 0.303 e. The van der Waals surface area contributed by atoms with E-state index >= 15 is 0 Å². The third-order valence-electron chi connectivity index (χ3n) is 5.87. The molecule has 1 unspecified atom stereocenters. The number of ether oxygens (including phenoxy) is 1. The number of furan rings is 1. The molecule has 0 saturated carbocycles. The van der Waals surface area contributed by atoms with Crippen molar-refractivity contribution in [1.82, 2.24) is 4.90 Å². The molecular weight excluding hydrogens is 390 g/mol. The third kappa shape index (κ3) is 5.98. The summed E-state index contributed by atoms with van der Waals surface area (Å²) in [4.78, 5) is 13.1. The summed E-state index contributed by atoms with van der Waals surface area (Å²) >= 11 is 0. The molecule has 0 radical (unpaired) electrons. The molecule has 2 heterocycles. The minimum atomic E-state index is -0.722. The van der Waals surface area contributed by atoms with Crippen LogP contribution in [0.2, 0.25) is 0 Å². The van der Waals surface area contributed by atoms with Crippen LogP contribution in [0.3, 0.4) is 0 Å². The molecule has 0 spiro atoms. The molecule has 3 aromatic rings. The SMILES string of the molecule is O=C(O)CCCN1CCCC1COc1ccc(Cc2ccc(-c3ccco3)cc2)cc1.